The van der Waals surface area contributed by atoms with Gasteiger partial charge in [-0.15, -0.1) is 11.8 Å². The Bertz CT molecular complexity index is 1090. The largest absolute Gasteiger partial charge is 0.324 e. The second kappa shape index (κ2) is 7.16. The van der Waals surface area contributed by atoms with E-state index in [0.717, 1.165) is 11.1 Å². The molecule has 2 saturated heterocycles. The Morgan fingerprint density at radius 2 is 1.97 bits per heavy atom. The lowest BCUT2D eigenvalue weighted by Crippen LogP contribution is -2.48. The smallest absolute Gasteiger partial charge is 0.248 e. The number of rotatable bonds is 4. The number of nitrogens with one attached hydrogen (secondary N) is 1. The fraction of sp³-hybridized carbons (Fsp3) is 0.300. The molecule has 2 heterocycles. The summed E-state index contributed by atoms with van der Waals surface area (Å²) in [7, 11) is -3.87. The quantitative estimate of drug-likeness (QED) is 0.771. The maximum absolute atomic E-state index is 13.0. The second-order valence-electron chi connectivity index (χ2n) is 7.30. The second-order valence-corrected chi connectivity index (χ2v) is 10.2. The molecule has 9 heteroatoms. The van der Waals surface area contributed by atoms with Crippen molar-refractivity contribution in [3.8, 4) is 0 Å². The summed E-state index contributed by atoms with van der Waals surface area (Å²) in [4.78, 5) is 26.8. The lowest BCUT2D eigenvalue weighted by molar-refractivity contribution is -0.136. The van der Waals surface area contributed by atoms with Crippen LogP contribution in [-0.2, 0) is 24.5 Å². The van der Waals surface area contributed by atoms with Crippen molar-refractivity contribution in [2.75, 3.05) is 11.1 Å². The van der Waals surface area contributed by atoms with Crippen molar-refractivity contribution in [3.63, 3.8) is 0 Å². The van der Waals surface area contributed by atoms with Crippen LogP contribution in [0.25, 0.3) is 0 Å². The van der Waals surface area contributed by atoms with Crippen LogP contribution in [0.5, 0.6) is 0 Å². The molecule has 2 fully saturated rings. The Kier molecular flexibility index (Phi) is 4.92. The van der Waals surface area contributed by atoms with Gasteiger partial charge in [0.2, 0.25) is 21.8 Å². The Hall–Kier alpha value is -2.36. The fourth-order valence-corrected chi connectivity index (χ4v) is 6.14. The molecule has 0 radical (unpaired) electrons. The van der Waals surface area contributed by atoms with Crippen molar-refractivity contribution in [2.24, 2.45) is 5.14 Å². The standard InChI is InChI=1S/C20H21N3O4S2/c1-13-5-7-14(8-6-13)20-10-9-18(24)23(20)17(12-28-20)19(25)22-15-3-2-4-16(11-15)29(21,26)27/h2-8,11,17H,9-10,12H2,1H3,(H,22,25)(H2,21,26,27)/t17-,20+/m1/s1. The highest BCUT2D eigenvalue weighted by Crippen LogP contribution is 2.54. The van der Waals surface area contributed by atoms with Crippen LogP contribution in [0.3, 0.4) is 0 Å². The minimum Gasteiger partial charge on any atom is -0.324 e. The van der Waals surface area contributed by atoms with Crippen LogP contribution in [0.4, 0.5) is 5.69 Å². The van der Waals surface area contributed by atoms with E-state index in [1.165, 1.54) is 18.2 Å². The van der Waals surface area contributed by atoms with Gasteiger partial charge >= 0.3 is 0 Å². The van der Waals surface area contributed by atoms with Crippen LogP contribution in [0, 0.1) is 6.92 Å². The Morgan fingerprint density at radius 3 is 2.66 bits per heavy atom. The molecular weight excluding hydrogens is 410 g/mol. The van der Waals surface area contributed by atoms with Gasteiger partial charge in [-0.2, -0.15) is 0 Å². The van der Waals surface area contributed by atoms with Crippen molar-refractivity contribution < 1.29 is 18.0 Å². The molecule has 152 valence electrons. The van der Waals surface area contributed by atoms with Gasteiger partial charge in [-0.1, -0.05) is 35.9 Å². The number of aryl methyl sites for hydroxylation is 1. The molecule has 2 atom stereocenters. The molecule has 0 bridgehead atoms. The van der Waals surface area contributed by atoms with Crippen molar-refractivity contribution in [2.45, 2.75) is 35.6 Å². The fourth-order valence-electron chi connectivity index (χ4n) is 3.93. The zero-order valence-electron chi connectivity index (χ0n) is 15.8. The molecule has 29 heavy (non-hydrogen) atoms. The maximum atomic E-state index is 13.0. The molecule has 0 spiro atoms. The third kappa shape index (κ3) is 3.54. The molecule has 2 amide bonds. The van der Waals surface area contributed by atoms with Gasteiger partial charge in [-0.25, -0.2) is 13.6 Å². The van der Waals surface area contributed by atoms with Crippen LogP contribution in [-0.4, -0.2) is 36.9 Å². The molecule has 0 aromatic heterocycles. The SMILES string of the molecule is Cc1ccc([C@@]23CCC(=O)N2[C@@H](C(=O)Nc2cccc(S(N)(=O)=O)c2)CS3)cc1. The molecule has 0 unspecified atom stereocenters. The number of hydrogen-bond acceptors (Lipinski definition) is 5. The Balaban J connectivity index is 1.60. The predicted molar refractivity (Wildman–Crippen MR) is 112 cm³/mol. The van der Waals surface area contributed by atoms with Gasteiger partial charge in [0.15, 0.2) is 0 Å². The molecule has 0 aliphatic carbocycles. The maximum Gasteiger partial charge on any atom is 0.248 e. The number of primary sulfonamides is 1. The average molecular weight is 432 g/mol. The molecule has 2 aromatic rings. The lowest BCUT2D eigenvalue weighted by Gasteiger charge is -2.34. The number of nitrogens with zero attached hydrogens (tertiary/aromatic N) is 1. The summed E-state index contributed by atoms with van der Waals surface area (Å²) in [5.74, 6) is 0.0858. The molecule has 4 rings (SSSR count). The van der Waals surface area contributed by atoms with Crippen molar-refractivity contribution >= 4 is 39.3 Å². The summed E-state index contributed by atoms with van der Waals surface area (Å²) >= 11 is 1.61. The summed E-state index contributed by atoms with van der Waals surface area (Å²) in [6.07, 6.45) is 1.05. The molecule has 7 nitrogen and oxygen atoms in total. The van der Waals surface area contributed by atoms with Gasteiger partial charge in [0, 0.05) is 17.9 Å². The summed E-state index contributed by atoms with van der Waals surface area (Å²) in [5.41, 5.74) is 2.48. The van der Waals surface area contributed by atoms with E-state index in [1.807, 2.05) is 31.2 Å². The van der Waals surface area contributed by atoms with Gasteiger partial charge in [0.25, 0.3) is 0 Å². The van der Waals surface area contributed by atoms with Crippen molar-refractivity contribution in [1.29, 1.82) is 0 Å². The average Bonchev–Trinajstić information content (AvgIpc) is 3.21. The summed E-state index contributed by atoms with van der Waals surface area (Å²) in [6, 6.07) is 13.2. The normalized spacial score (nSPS) is 23.9. The van der Waals surface area contributed by atoms with E-state index in [9.17, 15) is 18.0 Å². The molecule has 2 aliphatic rings. The first-order valence-electron chi connectivity index (χ1n) is 9.18. The van der Waals surface area contributed by atoms with E-state index >= 15 is 0 Å². The summed E-state index contributed by atoms with van der Waals surface area (Å²) in [6.45, 7) is 2.01. The van der Waals surface area contributed by atoms with E-state index in [1.54, 1.807) is 22.7 Å². The third-order valence-corrected chi connectivity index (χ3v) is 7.87. The molecule has 3 N–H and O–H groups in total. The number of thioether (sulfide) groups is 1. The van der Waals surface area contributed by atoms with E-state index in [0.29, 0.717) is 24.3 Å². The van der Waals surface area contributed by atoms with E-state index in [2.05, 4.69) is 5.32 Å². The predicted octanol–water partition coefficient (Wildman–Crippen LogP) is 2.17. The van der Waals surface area contributed by atoms with Crippen molar-refractivity contribution in [1.82, 2.24) is 4.90 Å². The number of amides is 2. The number of anilines is 1. The molecule has 2 aromatic carbocycles. The van der Waals surface area contributed by atoms with Gasteiger partial charge in [0.05, 0.1) is 4.90 Å². The summed E-state index contributed by atoms with van der Waals surface area (Å²) < 4.78 is 23.1. The molecule has 0 saturated carbocycles. The van der Waals surface area contributed by atoms with E-state index < -0.39 is 20.9 Å². The first kappa shape index (κ1) is 19.9. The van der Waals surface area contributed by atoms with Crippen molar-refractivity contribution in [3.05, 3.63) is 59.7 Å². The first-order valence-corrected chi connectivity index (χ1v) is 11.7. The summed E-state index contributed by atoms with van der Waals surface area (Å²) in [5, 5.41) is 7.90. The van der Waals surface area contributed by atoms with Gasteiger partial charge in [-0.05, 0) is 37.1 Å². The highest BCUT2D eigenvalue weighted by Gasteiger charge is 2.56. The number of carbonyl (C=O) groups is 2. The topological polar surface area (TPSA) is 110 Å². The van der Waals surface area contributed by atoms with Crippen LogP contribution < -0.4 is 10.5 Å². The number of benzene rings is 2. The highest BCUT2D eigenvalue weighted by atomic mass is 32.2. The lowest BCUT2D eigenvalue weighted by atomic mass is 10.0. The zero-order chi connectivity index (χ0) is 20.8. The third-order valence-electron chi connectivity index (χ3n) is 5.36. The highest BCUT2D eigenvalue weighted by molar-refractivity contribution is 8.00. The van der Waals surface area contributed by atoms with E-state index in [-0.39, 0.29) is 16.7 Å². The van der Waals surface area contributed by atoms with Crippen LogP contribution >= 0.6 is 11.8 Å². The number of sulfonamides is 1. The molecular formula is C20H21N3O4S2. The number of carbonyl (C=O) groups excluding carboxylic acids is 2. The van der Waals surface area contributed by atoms with Crippen LogP contribution in [0.1, 0.15) is 24.0 Å². The first-order chi connectivity index (χ1) is 13.7. The van der Waals surface area contributed by atoms with Gasteiger partial charge in [0.1, 0.15) is 10.9 Å². The Labute approximate surface area is 173 Å². The number of nitrogens with two attached hydrogens (primary N) is 1. The van der Waals surface area contributed by atoms with Gasteiger partial charge in [-0.3, -0.25) is 9.59 Å². The van der Waals surface area contributed by atoms with E-state index in [4.69, 9.17) is 5.14 Å². The monoisotopic (exact) mass is 431 g/mol. The Morgan fingerprint density at radius 1 is 1.24 bits per heavy atom. The minimum atomic E-state index is -3.87. The van der Waals surface area contributed by atoms with Crippen LogP contribution in [0.2, 0.25) is 0 Å². The van der Waals surface area contributed by atoms with Crippen LogP contribution in [0.15, 0.2) is 53.4 Å². The zero-order valence-corrected chi connectivity index (χ0v) is 17.4. The van der Waals surface area contributed by atoms with Gasteiger partial charge < -0.3 is 10.2 Å². The minimum absolute atomic E-state index is 0.0472. The molecule has 2 aliphatic heterocycles. The number of hydrogen-bond donors (Lipinski definition) is 2. The number of fused-ring (bicyclic) bond motifs is 1.